The molecule has 0 spiro atoms. The summed E-state index contributed by atoms with van der Waals surface area (Å²) in [5.41, 5.74) is 1.80. The number of aromatic nitrogens is 1. The Morgan fingerprint density at radius 1 is 1.35 bits per heavy atom. The van der Waals surface area contributed by atoms with Crippen LogP contribution in [0.4, 0.5) is 0 Å². The van der Waals surface area contributed by atoms with E-state index in [1.54, 1.807) is 11.0 Å². The Bertz CT molecular complexity index is 709. The first kappa shape index (κ1) is 17.3. The maximum atomic E-state index is 12.6. The standard InChI is InChI=1S/C17H21ClN2O3/c1-11(2)10-20(6-5-17(22)23)16(21)7-12-9-19-15-4-3-13(18)8-14(12)15/h3-4,8-9,11,19H,5-7,10H2,1-2H3,(H,22,23). The van der Waals surface area contributed by atoms with Crippen LogP contribution in [0.5, 0.6) is 0 Å². The number of carbonyl (C=O) groups excluding carboxylic acids is 1. The van der Waals surface area contributed by atoms with Crippen molar-refractivity contribution in [3.8, 4) is 0 Å². The van der Waals surface area contributed by atoms with Gasteiger partial charge in [0.25, 0.3) is 0 Å². The third-order valence-corrected chi connectivity index (χ3v) is 3.84. The molecule has 23 heavy (non-hydrogen) atoms. The lowest BCUT2D eigenvalue weighted by Gasteiger charge is -2.24. The zero-order valence-electron chi connectivity index (χ0n) is 13.3. The normalized spacial score (nSPS) is 11.1. The van der Waals surface area contributed by atoms with E-state index in [2.05, 4.69) is 4.98 Å². The van der Waals surface area contributed by atoms with Gasteiger partial charge in [-0.3, -0.25) is 9.59 Å². The molecular weight excluding hydrogens is 316 g/mol. The van der Waals surface area contributed by atoms with Gasteiger partial charge in [0.15, 0.2) is 0 Å². The van der Waals surface area contributed by atoms with Crippen molar-refractivity contribution in [1.29, 1.82) is 0 Å². The third kappa shape index (κ3) is 4.73. The number of nitrogens with one attached hydrogen (secondary N) is 1. The van der Waals surface area contributed by atoms with Crippen molar-refractivity contribution >= 4 is 34.4 Å². The Balaban J connectivity index is 2.15. The number of H-pyrrole nitrogens is 1. The first-order valence-electron chi connectivity index (χ1n) is 7.62. The molecule has 0 aliphatic rings. The summed E-state index contributed by atoms with van der Waals surface area (Å²) in [5, 5.41) is 10.4. The molecule has 124 valence electrons. The molecule has 0 saturated carbocycles. The number of aromatic amines is 1. The lowest BCUT2D eigenvalue weighted by Crippen LogP contribution is -2.36. The molecule has 0 fully saturated rings. The van der Waals surface area contributed by atoms with Gasteiger partial charge in [0, 0.05) is 35.2 Å². The SMILES string of the molecule is CC(C)CN(CCC(=O)O)C(=O)Cc1c[nH]c2ccc(Cl)cc12. The van der Waals surface area contributed by atoms with Crippen LogP contribution in [0.2, 0.25) is 5.02 Å². The van der Waals surface area contributed by atoms with Crippen LogP contribution in [-0.2, 0) is 16.0 Å². The first-order valence-corrected chi connectivity index (χ1v) is 7.99. The fourth-order valence-electron chi connectivity index (χ4n) is 2.56. The molecule has 0 unspecified atom stereocenters. The first-order chi connectivity index (χ1) is 10.9. The second-order valence-electron chi connectivity index (χ2n) is 6.06. The largest absolute Gasteiger partial charge is 0.481 e. The zero-order valence-corrected chi connectivity index (χ0v) is 14.1. The topological polar surface area (TPSA) is 73.4 Å². The van der Waals surface area contributed by atoms with Crippen LogP contribution in [0, 0.1) is 5.92 Å². The monoisotopic (exact) mass is 336 g/mol. The average Bonchev–Trinajstić information content (AvgIpc) is 2.85. The Morgan fingerprint density at radius 2 is 2.09 bits per heavy atom. The molecule has 1 heterocycles. The van der Waals surface area contributed by atoms with Crippen molar-refractivity contribution in [1.82, 2.24) is 9.88 Å². The molecule has 0 bridgehead atoms. The van der Waals surface area contributed by atoms with E-state index in [0.717, 1.165) is 16.5 Å². The second-order valence-corrected chi connectivity index (χ2v) is 6.49. The summed E-state index contributed by atoms with van der Waals surface area (Å²) in [7, 11) is 0. The minimum absolute atomic E-state index is 0.0435. The Morgan fingerprint density at radius 3 is 2.74 bits per heavy atom. The van der Waals surface area contributed by atoms with E-state index in [1.807, 2.05) is 32.2 Å². The fraction of sp³-hybridized carbons (Fsp3) is 0.412. The number of amides is 1. The molecule has 0 aliphatic carbocycles. The summed E-state index contributed by atoms with van der Waals surface area (Å²) in [4.78, 5) is 28.1. The number of rotatable bonds is 7. The fourth-order valence-corrected chi connectivity index (χ4v) is 2.73. The number of aliphatic carboxylic acids is 1. The number of carbonyl (C=O) groups is 2. The number of halogens is 1. The number of carboxylic acid groups (broad SMARTS) is 1. The number of fused-ring (bicyclic) bond motifs is 1. The Kier molecular flexibility index (Phi) is 5.66. The highest BCUT2D eigenvalue weighted by atomic mass is 35.5. The number of benzene rings is 1. The maximum Gasteiger partial charge on any atom is 0.305 e. The summed E-state index contributed by atoms with van der Waals surface area (Å²) in [6.45, 7) is 4.80. The highest BCUT2D eigenvalue weighted by molar-refractivity contribution is 6.31. The van der Waals surface area contributed by atoms with Crippen molar-refractivity contribution in [3.63, 3.8) is 0 Å². The molecule has 0 aliphatic heterocycles. The number of hydrogen-bond donors (Lipinski definition) is 2. The van der Waals surface area contributed by atoms with E-state index in [4.69, 9.17) is 16.7 Å². The highest BCUT2D eigenvalue weighted by Crippen LogP contribution is 2.23. The molecule has 0 saturated heterocycles. The van der Waals surface area contributed by atoms with Crippen molar-refractivity contribution in [3.05, 3.63) is 35.0 Å². The summed E-state index contributed by atoms with van der Waals surface area (Å²) in [6, 6.07) is 5.51. The van der Waals surface area contributed by atoms with Gasteiger partial charge in [-0.1, -0.05) is 25.4 Å². The zero-order chi connectivity index (χ0) is 17.0. The van der Waals surface area contributed by atoms with Crippen LogP contribution in [0.1, 0.15) is 25.8 Å². The van der Waals surface area contributed by atoms with Crippen LogP contribution in [0.15, 0.2) is 24.4 Å². The average molecular weight is 337 g/mol. The van der Waals surface area contributed by atoms with Gasteiger partial charge in [0.2, 0.25) is 5.91 Å². The molecule has 0 radical (unpaired) electrons. The van der Waals surface area contributed by atoms with E-state index in [9.17, 15) is 9.59 Å². The van der Waals surface area contributed by atoms with Crippen LogP contribution in [-0.4, -0.2) is 40.0 Å². The van der Waals surface area contributed by atoms with Gasteiger partial charge in [-0.2, -0.15) is 0 Å². The van der Waals surface area contributed by atoms with Gasteiger partial charge in [0.05, 0.1) is 12.8 Å². The van der Waals surface area contributed by atoms with Crippen LogP contribution in [0.3, 0.4) is 0 Å². The van der Waals surface area contributed by atoms with E-state index in [-0.39, 0.29) is 31.2 Å². The third-order valence-electron chi connectivity index (χ3n) is 3.60. The van der Waals surface area contributed by atoms with E-state index >= 15 is 0 Å². The highest BCUT2D eigenvalue weighted by Gasteiger charge is 2.18. The molecule has 1 aromatic carbocycles. The molecule has 1 amide bonds. The lowest BCUT2D eigenvalue weighted by molar-refractivity contribution is -0.138. The lowest BCUT2D eigenvalue weighted by atomic mass is 10.1. The second kappa shape index (κ2) is 7.51. The van der Waals surface area contributed by atoms with Crippen molar-refractivity contribution < 1.29 is 14.7 Å². The van der Waals surface area contributed by atoms with Gasteiger partial charge < -0.3 is 15.0 Å². The van der Waals surface area contributed by atoms with E-state index in [1.165, 1.54) is 0 Å². The smallest absolute Gasteiger partial charge is 0.305 e. The van der Waals surface area contributed by atoms with Gasteiger partial charge in [-0.25, -0.2) is 0 Å². The molecule has 5 nitrogen and oxygen atoms in total. The summed E-state index contributed by atoms with van der Waals surface area (Å²) in [5.74, 6) is -0.684. The molecule has 1 aromatic heterocycles. The number of hydrogen-bond acceptors (Lipinski definition) is 2. The van der Waals surface area contributed by atoms with Crippen LogP contribution < -0.4 is 0 Å². The molecule has 0 atom stereocenters. The van der Waals surface area contributed by atoms with Crippen LogP contribution in [0.25, 0.3) is 10.9 Å². The Labute approximate surface area is 140 Å². The van der Waals surface area contributed by atoms with Gasteiger partial charge in [-0.05, 0) is 29.7 Å². The van der Waals surface area contributed by atoms with Gasteiger partial charge in [-0.15, -0.1) is 0 Å². The van der Waals surface area contributed by atoms with Gasteiger partial charge in [0.1, 0.15) is 0 Å². The van der Waals surface area contributed by atoms with E-state index in [0.29, 0.717) is 11.6 Å². The molecule has 2 N–H and O–H groups in total. The molecule has 2 rings (SSSR count). The molecule has 2 aromatic rings. The predicted molar refractivity (Wildman–Crippen MR) is 90.7 cm³/mol. The minimum atomic E-state index is -0.898. The maximum absolute atomic E-state index is 12.6. The van der Waals surface area contributed by atoms with Crippen molar-refractivity contribution in [2.45, 2.75) is 26.7 Å². The van der Waals surface area contributed by atoms with E-state index < -0.39 is 5.97 Å². The van der Waals surface area contributed by atoms with Crippen molar-refractivity contribution in [2.75, 3.05) is 13.1 Å². The number of nitrogens with zero attached hydrogens (tertiary/aromatic N) is 1. The summed E-state index contributed by atoms with van der Waals surface area (Å²) < 4.78 is 0. The van der Waals surface area contributed by atoms with Crippen LogP contribution >= 0.6 is 11.6 Å². The number of carboxylic acids is 1. The van der Waals surface area contributed by atoms with Crippen molar-refractivity contribution in [2.24, 2.45) is 5.92 Å². The predicted octanol–water partition coefficient (Wildman–Crippen LogP) is 3.32. The Hall–Kier alpha value is -2.01. The van der Waals surface area contributed by atoms with Gasteiger partial charge >= 0.3 is 5.97 Å². The molecular formula is C17H21ClN2O3. The quantitative estimate of drug-likeness (QED) is 0.814. The molecule has 6 heteroatoms. The summed E-state index contributed by atoms with van der Waals surface area (Å²) >= 11 is 6.03. The minimum Gasteiger partial charge on any atom is -0.481 e. The summed E-state index contributed by atoms with van der Waals surface area (Å²) in [6.07, 6.45) is 1.99.